The van der Waals surface area contributed by atoms with E-state index in [0.717, 1.165) is 53.4 Å². The lowest BCUT2D eigenvalue weighted by atomic mass is 9.86. The Hall–Kier alpha value is -2.14. The molecule has 0 aliphatic heterocycles. The van der Waals surface area contributed by atoms with Crippen LogP contribution in [0.25, 0.3) is 17.0 Å². The first-order chi connectivity index (χ1) is 14.2. The summed E-state index contributed by atoms with van der Waals surface area (Å²) in [4.78, 5) is 4.72. The Morgan fingerprint density at radius 3 is 2.79 bits per heavy atom. The molecule has 4 rings (SSSR count). The molecule has 2 aromatic heterocycles. The van der Waals surface area contributed by atoms with Gasteiger partial charge in [-0.1, -0.05) is 57.0 Å². The van der Waals surface area contributed by atoms with Crippen molar-refractivity contribution < 1.29 is 4.74 Å². The topological polar surface area (TPSA) is 52.3 Å². The number of nitrogens with zero attached hydrogens (tertiary/aromatic N) is 4. The number of halogens is 1. The van der Waals surface area contributed by atoms with Crippen LogP contribution in [0.15, 0.2) is 24.4 Å². The van der Waals surface area contributed by atoms with E-state index in [4.69, 9.17) is 21.3 Å². The molecule has 3 aromatic rings. The van der Waals surface area contributed by atoms with Gasteiger partial charge in [-0.05, 0) is 43.9 Å². The standard InChI is InChI=1S/C23H29ClN4O/c1-3-4-12-29-18-10-11-20(24)19(14-18)22-26-27-23-21(25-15-16(2)28(22)23)13-17-8-6-5-7-9-17/h10-11,14-15,17H,3-9,12-13H2,1-2H3. The van der Waals surface area contributed by atoms with Crippen LogP contribution in [-0.4, -0.2) is 26.2 Å². The molecule has 5 nitrogen and oxygen atoms in total. The molecule has 29 heavy (non-hydrogen) atoms. The molecule has 2 heterocycles. The number of hydrogen-bond acceptors (Lipinski definition) is 4. The van der Waals surface area contributed by atoms with Gasteiger partial charge in [0, 0.05) is 17.5 Å². The summed E-state index contributed by atoms with van der Waals surface area (Å²) in [5, 5.41) is 9.68. The molecule has 0 N–H and O–H groups in total. The SMILES string of the molecule is CCCCOc1ccc(Cl)c(-c2nnc3c(CC4CCCCC4)ncc(C)n23)c1. The van der Waals surface area contributed by atoms with Crippen molar-refractivity contribution in [1.82, 2.24) is 19.6 Å². The van der Waals surface area contributed by atoms with Gasteiger partial charge in [-0.3, -0.25) is 9.38 Å². The van der Waals surface area contributed by atoms with Gasteiger partial charge in [0.05, 0.1) is 17.3 Å². The van der Waals surface area contributed by atoms with Gasteiger partial charge in [-0.15, -0.1) is 10.2 Å². The lowest BCUT2D eigenvalue weighted by molar-refractivity contribution is 0.309. The van der Waals surface area contributed by atoms with Crippen LogP contribution >= 0.6 is 11.6 Å². The fourth-order valence-electron chi connectivity index (χ4n) is 4.18. The van der Waals surface area contributed by atoms with Crippen LogP contribution in [0.4, 0.5) is 0 Å². The van der Waals surface area contributed by atoms with E-state index in [-0.39, 0.29) is 0 Å². The largest absolute Gasteiger partial charge is 0.494 e. The zero-order valence-corrected chi connectivity index (χ0v) is 18.1. The summed E-state index contributed by atoms with van der Waals surface area (Å²) in [5.74, 6) is 2.25. The van der Waals surface area contributed by atoms with E-state index >= 15 is 0 Å². The van der Waals surface area contributed by atoms with Gasteiger partial charge in [0.15, 0.2) is 11.5 Å². The average Bonchev–Trinajstić information content (AvgIpc) is 3.18. The summed E-state index contributed by atoms with van der Waals surface area (Å²) in [6, 6.07) is 5.75. The van der Waals surface area contributed by atoms with Crippen molar-refractivity contribution in [3.63, 3.8) is 0 Å². The van der Waals surface area contributed by atoms with Gasteiger partial charge in [0.25, 0.3) is 0 Å². The van der Waals surface area contributed by atoms with E-state index in [1.54, 1.807) is 0 Å². The number of benzene rings is 1. The maximum absolute atomic E-state index is 6.54. The molecule has 154 valence electrons. The Kier molecular flexibility index (Phi) is 6.34. The van der Waals surface area contributed by atoms with E-state index in [1.165, 1.54) is 32.1 Å². The molecular weight excluding hydrogens is 384 g/mol. The molecule has 0 saturated heterocycles. The molecule has 0 amide bonds. The summed E-state index contributed by atoms with van der Waals surface area (Å²) < 4.78 is 7.96. The molecule has 1 aromatic carbocycles. The summed E-state index contributed by atoms with van der Waals surface area (Å²) in [6.07, 6.45) is 11.6. The zero-order valence-electron chi connectivity index (χ0n) is 17.3. The van der Waals surface area contributed by atoms with Crippen molar-refractivity contribution in [2.45, 2.75) is 65.2 Å². The van der Waals surface area contributed by atoms with Gasteiger partial charge >= 0.3 is 0 Å². The second-order valence-electron chi connectivity index (χ2n) is 8.08. The van der Waals surface area contributed by atoms with Gasteiger partial charge in [0.2, 0.25) is 0 Å². The Morgan fingerprint density at radius 2 is 2.00 bits per heavy atom. The van der Waals surface area contributed by atoms with Crippen molar-refractivity contribution >= 4 is 17.2 Å². The minimum Gasteiger partial charge on any atom is -0.494 e. The number of unbranched alkanes of at least 4 members (excludes halogenated alkanes) is 1. The number of fused-ring (bicyclic) bond motifs is 1. The number of ether oxygens (including phenoxy) is 1. The number of rotatable bonds is 7. The van der Waals surface area contributed by atoms with Crippen molar-refractivity contribution in [3.8, 4) is 17.1 Å². The van der Waals surface area contributed by atoms with Crippen LogP contribution in [-0.2, 0) is 6.42 Å². The maximum Gasteiger partial charge on any atom is 0.183 e. The minimum atomic E-state index is 0.646. The van der Waals surface area contributed by atoms with Crippen molar-refractivity contribution in [2.24, 2.45) is 5.92 Å². The highest BCUT2D eigenvalue weighted by Gasteiger charge is 2.20. The smallest absolute Gasteiger partial charge is 0.183 e. The molecular formula is C23H29ClN4O. The Bertz CT molecular complexity index is 978. The molecule has 0 unspecified atom stereocenters. The van der Waals surface area contributed by atoms with Gasteiger partial charge in [-0.2, -0.15) is 0 Å². The summed E-state index contributed by atoms with van der Waals surface area (Å²) in [7, 11) is 0. The van der Waals surface area contributed by atoms with E-state index in [2.05, 4.69) is 21.5 Å². The molecule has 0 spiro atoms. The second-order valence-corrected chi connectivity index (χ2v) is 8.49. The number of aromatic nitrogens is 4. The Morgan fingerprint density at radius 1 is 1.17 bits per heavy atom. The highest BCUT2D eigenvalue weighted by molar-refractivity contribution is 6.33. The van der Waals surface area contributed by atoms with Crippen LogP contribution < -0.4 is 4.74 Å². The normalized spacial score (nSPS) is 15.1. The second kappa shape index (κ2) is 9.12. The van der Waals surface area contributed by atoms with Gasteiger partial charge in [0.1, 0.15) is 5.75 Å². The summed E-state index contributed by atoms with van der Waals surface area (Å²) in [5.41, 5.74) is 3.72. The number of hydrogen-bond donors (Lipinski definition) is 0. The first-order valence-corrected chi connectivity index (χ1v) is 11.2. The van der Waals surface area contributed by atoms with Gasteiger partial charge in [-0.25, -0.2) is 0 Å². The minimum absolute atomic E-state index is 0.646. The van der Waals surface area contributed by atoms with E-state index in [0.29, 0.717) is 17.5 Å². The fourth-order valence-corrected chi connectivity index (χ4v) is 4.38. The van der Waals surface area contributed by atoms with Crippen molar-refractivity contribution in [2.75, 3.05) is 6.61 Å². The molecule has 6 heteroatoms. The first kappa shape index (κ1) is 20.1. The molecule has 1 aliphatic carbocycles. The highest BCUT2D eigenvalue weighted by Crippen LogP contribution is 2.33. The third kappa shape index (κ3) is 4.40. The Balaban J connectivity index is 1.69. The van der Waals surface area contributed by atoms with E-state index in [1.807, 2.05) is 31.3 Å². The average molecular weight is 413 g/mol. The lowest BCUT2D eigenvalue weighted by Crippen LogP contribution is -2.12. The van der Waals surface area contributed by atoms with Crippen LogP contribution in [0.3, 0.4) is 0 Å². The van der Waals surface area contributed by atoms with Crippen LogP contribution in [0.2, 0.25) is 5.02 Å². The fraction of sp³-hybridized carbons (Fsp3) is 0.522. The van der Waals surface area contributed by atoms with Crippen LogP contribution in [0.1, 0.15) is 63.3 Å². The van der Waals surface area contributed by atoms with E-state index in [9.17, 15) is 0 Å². The maximum atomic E-state index is 6.54. The molecule has 0 bridgehead atoms. The van der Waals surface area contributed by atoms with Crippen molar-refractivity contribution in [3.05, 3.63) is 40.8 Å². The molecule has 0 radical (unpaired) electrons. The molecule has 1 saturated carbocycles. The quantitative estimate of drug-likeness (QED) is 0.443. The van der Waals surface area contributed by atoms with Gasteiger partial charge < -0.3 is 4.74 Å². The zero-order chi connectivity index (χ0) is 20.2. The lowest BCUT2D eigenvalue weighted by Gasteiger charge is -2.21. The predicted octanol–water partition coefficient (Wildman–Crippen LogP) is 6.05. The Labute approximate surface area is 177 Å². The summed E-state index contributed by atoms with van der Waals surface area (Å²) in [6.45, 7) is 4.89. The molecule has 1 fully saturated rings. The monoisotopic (exact) mass is 412 g/mol. The van der Waals surface area contributed by atoms with Crippen molar-refractivity contribution in [1.29, 1.82) is 0 Å². The van der Waals surface area contributed by atoms with E-state index < -0.39 is 0 Å². The third-order valence-corrected chi connectivity index (χ3v) is 6.16. The molecule has 0 atom stereocenters. The third-order valence-electron chi connectivity index (χ3n) is 5.83. The van der Waals surface area contributed by atoms with Crippen LogP contribution in [0, 0.1) is 12.8 Å². The number of aryl methyl sites for hydroxylation is 1. The van der Waals surface area contributed by atoms with Crippen LogP contribution in [0.5, 0.6) is 5.75 Å². The molecule has 1 aliphatic rings. The summed E-state index contributed by atoms with van der Waals surface area (Å²) >= 11 is 6.54. The first-order valence-electron chi connectivity index (χ1n) is 10.8. The highest BCUT2D eigenvalue weighted by atomic mass is 35.5. The predicted molar refractivity (Wildman–Crippen MR) is 117 cm³/mol.